The van der Waals surface area contributed by atoms with E-state index in [0.29, 0.717) is 0 Å². The third kappa shape index (κ3) is 2.76. The smallest absolute Gasteiger partial charge is 0.288 e. The van der Waals surface area contributed by atoms with Gasteiger partial charge in [0.25, 0.3) is 5.91 Å². The van der Waals surface area contributed by atoms with Crippen LogP contribution in [0, 0.1) is 0 Å². The van der Waals surface area contributed by atoms with E-state index in [4.69, 9.17) is 5.73 Å². The standard InChI is InChI=1S/C16H19N7O/c17-15(24)16-18-11-23(20-16)13-4-3-6-21(10-13)9-12-8-19-22-7-2-1-5-14(12)22/h1-2,5,7-8,11,13H,3-4,6,9-10H2,(H2,17,24)/t13-/m1/s1. The maximum atomic E-state index is 11.2. The highest BCUT2D eigenvalue weighted by atomic mass is 16.1. The summed E-state index contributed by atoms with van der Waals surface area (Å²) in [5.74, 6) is -0.512. The number of rotatable bonds is 4. The molecule has 1 fully saturated rings. The van der Waals surface area contributed by atoms with E-state index in [9.17, 15) is 4.79 Å². The Kier molecular flexibility index (Phi) is 3.73. The molecule has 1 amide bonds. The highest BCUT2D eigenvalue weighted by molar-refractivity contribution is 5.88. The van der Waals surface area contributed by atoms with Crippen LogP contribution in [0.25, 0.3) is 5.52 Å². The van der Waals surface area contributed by atoms with E-state index in [1.807, 2.05) is 29.0 Å². The highest BCUT2D eigenvalue weighted by Gasteiger charge is 2.23. The molecule has 4 rings (SSSR count). The van der Waals surface area contributed by atoms with Gasteiger partial charge in [-0.05, 0) is 31.5 Å². The molecule has 124 valence electrons. The van der Waals surface area contributed by atoms with Crippen molar-refractivity contribution in [2.45, 2.75) is 25.4 Å². The van der Waals surface area contributed by atoms with Gasteiger partial charge in [0.2, 0.25) is 5.82 Å². The number of piperidine rings is 1. The number of hydrogen-bond acceptors (Lipinski definition) is 5. The van der Waals surface area contributed by atoms with E-state index in [-0.39, 0.29) is 11.9 Å². The molecule has 0 aliphatic carbocycles. The molecule has 4 heterocycles. The minimum atomic E-state index is -0.590. The van der Waals surface area contributed by atoms with Gasteiger partial charge in [0.05, 0.1) is 17.8 Å². The van der Waals surface area contributed by atoms with E-state index >= 15 is 0 Å². The molecule has 0 bridgehead atoms. The van der Waals surface area contributed by atoms with Gasteiger partial charge in [0, 0.05) is 24.8 Å². The van der Waals surface area contributed by atoms with Crippen molar-refractivity contribution < 1.29 is 4.79 Å². The van der Waals surface area contributed by atoms with E-state index in [0.717, 1.165) is 38.0 Å². The van der Waals surface area contributed by atoms with Crippen LogP contribution in [-0.2, 0) is 6.54 Å². The number of fused-ring (bicyclic) bond motifs is 1. The Balaban J connectivity index is 1.49. The average molecular weight is 325 g/mol. The zero-order chi connectivity index (χ0) is 16.5. The van der Waals surface area contributed by atoms with Gasteiger partial charge in [-0.1, -0.05) is 6.07 Å². The van der Waals surface area contributed by atoms with Gasteiger partial charge in [0.1, 0.15) is 6.33 Å². The third-order valence-electron chi connectivity index (χ3n) is 4.48. The fourth-order valence-electron chi connectivity index (χ4n) is 3.30. The fraction of sp³-hybridized carbons (Fsp3) is 0.375. The molecule has 0 radical (unpaired) electrons. The first-order valence-corrected chi connectivity index (χ1v) is 8.05. The Morgan fingerprint density at radius 2 is 2.29 bits per heavy atom. The zero-order valence-corrected chi connectivity index (χ0v) is 13.2. The Bertz CT molecular complexity index is 868. The molecule has 8 heteroatoms. The summed E-state index contributed by atoms with van der Waals surface area (Å²) in [6.07, 6.45) is 7.59. The lowest BCUT2D eigenvalue weighted by molar-refractivity contribution is 0.0989. The van der Waals surface area contributed by atoms with Gasteiger partial charge in [0.15, 0.2) is 0 Å². The number of amides is 1. The van der Waals surface area contributed by atoms with Crippen LogP contribution in [0.4, 0.5) is 0 Å². The van der Waals surface area contributed by atoms with Crippen LogP contribution in [0.5, 0.6) is 0 Å². The Labute approximate surface area is 138 Å². The van der Waals surface area contributed by atoms with E-state index in [1.54, 1.807) is 11.0 Å². The first kappa shape index (κ1) is 14.8. The maximum absolute atomic E-state index is 11.2. The molecule has 2 N–H and O–H groups in total. The number of nitrogens with zero attached hydrogens (tertiary/aromatic N) is 6. The second-order valence-electron chi connectivity index (χ2n) is 6.14. The van der Waals surface area contributed by atoms with Gasteiger partial charge in [-0.3, -0.25) is 9.69 Å². The number of hydrogen-bond donors (Lipinski definition) is 1. The zero-order valence-electron chi connectivity index (χ0n) is 13.2. The third-order valence-corrected chi connectivity index (χ3v) is 4.48. The SMILES string of the molecule is NC(=O)c1ncn([C@@H]2CCCN(Cc3cnn4ccccc34)C2)n1. The second-order valence-corrected chi connectivity index (χ2v) is 6.14. The van der Waals surface area contributed by atoms with Crippen LogP contribution in [-0.4, -0.2) is 48.3 Å². The largest absolute Gasteiger partial charge is 0.363 e. The summed E-state index contributed by atoms with van der Waals surface area (Å²) in [6, 6.07) is 6.30. The van der Waals surface area contributed by atoms with Crippen molar-refractivity contribution >= 4 is 11.4 Å². The topological polar surface area (TPSA) is 94.3 Å². The first-order chi connectivity index (χ1) is 11.7. The van der Waals surface area contributed by atoms with E-state index in [2.05, 4.69) is 26.1 Å². The van der Waals surface area contributed by atoms with Gasteiger partial charge >= 0.3 is 0 Å². The Morgan fingerprint density at radius 1 is 1.38 bits per heavy atom. The lowest BCUT2D eigenvalue weighted by atomic mass is 10.1. The molecule has 1 aliphatic rings. The molecule has 0 aromatic carbocycles. The molecule has 1 aliphatic heterocycles. The van der Waals surface area contributed by atoms with Crippen LogP contribution >= 0.6 is 0 Å². The van der Waals surface area contributed by atoms with E-state index in [1.165, 1.54) is 5.56 Å². The number of pyridine rings is 1. The van der Waals surface area contributed by atoms with Crippen LogP contribution in [0.1, 0.15) is 35.1 Å². The van der Waals surface area contributed by atoms with Gasteiger partial charge in [-0.15, -0.1) is 5.10 Å². The molecular weight excluding hydrogens is 306 g/mol. The van der Waals surface area contributed by atoms with Crippen molar-refractivity contribution in [3.05, 3.63) is 48.3 Å². The van der Waals surface area contributed by atoms with Crippen LogP contribution < -0.4 is 5.73 Å². The summed E-state index contributed by atoms with van der Waals surface area (Å²) in [6.45, 7) is 2.76. The van der Waals surface area contributed by atoms with Gasteiger partial charge in [-0.25, -0.2) is 14.2 Å². The summed E-state index contributed by atoms with van der Waals surface area (Å²) < 4.78 is 3.66. The van der Waals surface area contributed by atoms with Crippen molar-refractivity contribution in [2.24, 2.45) is 5.73 Å². The number of aromatic nitrogens is 5. The summed E-state index contributed by atoms with van der Waals surface area (Å²) in [5, 5.41) is 8.60. The summed E-state index contributed by atoms with van der Waals surface area (Å²) in [5.41, 5.74) is 7.58. The summed E-state index contributed by atoms with van der Waals surface area (Å²) in [4.78, 5) is 17.5. The van der Waals surface area contributed by atoms with Gasteiger partial charge < -0.3 is 5.73 Å². The molecule has 3 aromatic heterocycles. The molecule has 0 saturated carbocycles. The maximum Gasteiger partial charge on any atom is 0.288 e. The van der Waals surface area contributed by atoms with Gasteiger partial charge in [-0.2, -0.15) is 5.10 Å². The highest BCUT2D eigenvalue weighted by Crippen LogP contribution is 2.23. The van der Waals surface area contributed by atoms with E-state index < -0.39 is 5.91 Å². The number of nitrogens with two attached hydrogens (primary N) is 1. The fourth-order valence-corrected chi connectivity index (χ4v) is 3.30. The van der Waals surface area contributed by atoms with Crippen molar-refractivity contribution in [3.63, 3.8) is 0 Å². The molecule has 1 atom stereocenters. The molecule has 24 heavy (non-hydrogen) atoms. The van der Waals surface area contributed by atoms with Crippen LogP contribution in [0.2, 0.25) is 0 Å². The molecule has 1 saturated heterocycles. The second kappa shape index (κ2) is 6.04. The van der Waals surface area contributed by atoms with Crippen molar-refractivity contribution in [1.82, 2.24) is 29.3 Å². The molecule has 8 nitrogen and oxygen atoms in total. The predicted molar refractivity (Wildman–Crippen MR) is 87.3 cm³/mol. The quantitative estimate of drug-likeness (QED) is 0.768. The summed E-state index contributed by atoms with van der Waals surface area (Å²) >= 11 is 0. The van der Waals surface area contributed by atoms with Crippen LogP contribution in [0.15, 0.2) is 36.9 Å². The Morgan fingerprint density at radius 3 is 3.12 bits per heavy atom. The number of likely N-dealkylation sites (tertiary alicyclic amines) is 1. The number of primary amides is 1. The number of carbonyl (C=O) groups excluding carboxylic acids is 1. The van der Waals surface area contributed by atoms with Crippen molar-refractivity contribution in [1.29, 1.82) is 0 Å². The molecular formula is C16H19N7O. The number of carbonyl (C=O) groups is 1. The first-order valence-electron chi connectivity index (χ1n) is 8.05. The summed E-state index contributed by atoms with van der Waals surface area (Å²) in [7, 11) is 0. The predicted octanol–water partition coefficient (Wildman–Crippen LogP) is 0.862. The Hall–Kier alpha value is -2.74. The van der Waals surface area contributed by atoms with Crippen LogP contribution in [0.3, 0.4) is 0 Å². The lowest BCUT2D eigenvalue weighted by Gasteiger charge is -2.32. The van der Waals surface area contributed by atoms with Crippen molar-refractivity contribution in [2.75, 3.05) is 13.1 Å². The van der Waals surface area contributed by atoms with Crippen molar-refractivity contribution in [3.8, 4) is 0 Å². The minimum absolute atomic E-state index is 0.0785. The molecule has 0 unspecified atom stereocenters. The minimum Gasteiger partial charge on any atom is -0.363 e. The molecule has 0 spiro atoms. The average Bonchev–Trinajstić information content (AvgIpc) is 3.23. The monoisotopic (exact) mass is 325 g/mol. The molecule has 3 aromatic rings. The lowest BCUT2D eigenvalue weighted by Crippen LogP contribution is -2.36. The normalized spacial score (nSPS) is 18.9.